The molecule has 19 heavy (non-hydrogen) atoms. The first-order valence-electron chi connectivity index (χ1n) is 6.96. The van der Waals surface area contributed by atoms with Crippen LogP contribution in [0.1, 0.15) is 24.0 Å². The zero-order valence-electron chi connectivity index (χ0n) is 10.7. The van der Waals surface area contributed by atoms with Gasteiger partial charge in [0.1, 0.15) is 0 Å². The van der Waals surface area contributed by atoms with Gasteiger partial charge in [0.2, 0.25) is 0 Å². The van der Waals surface area contributed by atoms with Crippen molar-refractivity contribution in [2.24, 2.45) is 0 Å². The zero-order valence-corrected chi connectivity index (χ0v) is 11.5. The lowest BCUT2D eigenvalue weighted by Gasteiger charge is -2.19. The molecule has 3 aromatic carbocycles. The summed E-state index contributed by atoms with van der Waals surface area (Å²) in [5.74, 6) is 0. The molecule has 0 spiro atoms. The SMILES string of the molecule is Clc1cc2c3c(ccc2c2ccccc12)CCCC3. The van der Waals surface area contributed by atoms with E-state index in [0.717, 1.165) is 10.4 Å². The minimum Gasteiger partial charge on any atom is -0.0836 e. The highest BCUT2D eigenvalue weighted by Crippen LogP contribution is 2.36. The van der Waals surface area contributed by atoms with Crippen molar-refractivity contribution >= 4 is 33.1 Å². The van der Waals surface area contributed by atoms with E-state index in [1.54, 1.807) is 0 Å². The predicted octanol–water partition coefficient (Wildman–Crippen LogP) is 5.53. The molecule has 0 aromatic heterocycles. The predicted molar refractivity (Wildman–Crippen MR) is 83.1 cm³/mol. The molecule has 3 aromatic rings. The van der Waals surface area contributed by atoms with Crippen LogP contribution in [-0.2, 0) is 12.8 Å². The summed E-state index contributed by atoms with van der Waals surface area (Å²) in [6.07, 6.45) is 5.04. The molecule has 94 valence electrons. The molecular weight excluding hydrogens is 252 g/mol. The highest BCUT2D eigenvalue weighted by atomic mass is 35.5. The van der Waals surface area contributed by atoms with Gasteiger partial charge in [-0.2, -0.15) is 0 Å². The lowest BCUT2D eigenvalue weighted by molar-refractivity contribution is 0.690. The van der Waals surface area contributed by atoms with Crippen LogP contribution in [0.3, 0.4) is 0 Å². The van der Waals surface area contributed by atoms with Crippen LogP contribution in [0, 0.1) is 0 Å². The van der Waals surface area contributed by atoms with E-state index in [1.807, 2.05) is 0 Å². The van der Waals surface area contributed by atoms with Crippen molar-refractivity contribution in [3.63, 3.8) is 0 Å². The molecule has 0 bridgehead atoms. The normalized spacial score (nSPS) is 14.8. The van der Waals surface area contributed by atoms with Gasteiger partial charge in [-0.05, 0) is 59.0 Å². The summed E-state index contributed by atoms with van der Waals surface area (Å²) >= 11 is 6.48. The van der Waals surface area contributed by atoms with Gasteiger partial charge in [-0.3, -0.25) is 0 Å². The molecule has 0 unspecified atom stereocenters. The molecule has 0 saturated carbocycles. The molecule has 1 aliphatic carbocycles. The van der Waals surface area contributed by atoms with Gasteiger partial charge in [0.15, 0.2) is 0 Å². The summed E-state index contributed by atoms with van der Waals surface area (Å²) in [6.45, 7) is 0. The molecule has 0 amide bonds. The van der Waals surface area contributed by atoms with Gasteiger partial charge < -0.3 is 0 Å². The fourth-order valence-electron chi connectivity index (χ4n) is 3.39. The molecular formula is C18H15Cl. The second-order valence-electron chi connectivity index (χ2n) is 5.41. The van der Waals surface area contributed by atoms with Crippen molar-refractivity contribution in [2.45, 2.75) is 25.7 Å². The van der Waals surface area contributed by atoms with Gasteiger partial charge in [0, 0.05) is 10.4 Å². The van der Waals surface area contributed by atoms with Gasteiger partial charge in [0.25, 0.3) is 0 Å². The Morgan fingerprint density at radius 1 is 0.737 bits per heavy atom. The maximum Gasteiger partial charge on any atom is 0.0490 e. The Labute approximate surface area is 118 Å². The van der Waals surface area contributed by atoms with Crippen LogP contribution in [0.5, 0.6) is 0 Å². The maximum atomic E-state index is 6.48. The summed E-state index contributed by atoms with van der Waals surface area (Å²) in [7, 11) is 0. The Bertz CT molecular complexity index is 786. The quantitative estimate of drug-likeness (QED) is 0.470. The van der Waals surface area contributed by atoms with E-state index in [9.17, 15) is 0 Å². The molecule has 0 radical (unpaired) electrons. The third-order valence-electron chi connectivity index (χ3n) is 4.32. The molecule has 0 fully saturated rings. The monoisotopic (exact) mass is 266 g/mol. The third-order valence-corrected chi connectivity index (χ3v) is 4.64. The van der Waals surface area contributed by atoms with Crippen LogP contribution in [-0.4, -0.2) is 0 Å². The van der Waals surface area contributed by atoms with Gasteiger partial charge in [-0.15, -0.1) is 0 Å². The molecule has 0 heterocycles. The summed E-state index contributed by atoms with van der Waals surface area (Å²) in [4.78, 5) is 0. The van der Waals surface area contributed by atoms with Crippen molar-refractivity contribution in [3.8, 4) is 0 Å². The van der Waals surface area contributed by atoms with Crippen LogP contribution in [0.2, 0.25) is 5.02 Å². The molecule has 0 aliphatic heterocycles. The van der Waals surface area contributed by atoms with Gasteiger partial charge >= 0.3 is 0 Å². The van der Waals surface area contributed by atoms with Gasteiger partial charge in [0.05, 0.1) is 0 Å². The van der Waals surface area contributed by atoms with E-state index in [0.29, 0.717) is 0 Å². The Hall–Kier alpha value is -1.53. The summed E-state index contributed by atoms with van der Waals surface area (Å²) in [6, 6.07) is 15.2. The highest BCUT2D eigenvalue weighted by molar-refractivity contribution is 6.37. The first-order valence-corrected chi connectivity index (χ1v) is 7.34. The van der Waals surface area contributed by atoms with Crippen molar-refractivity contribution < 1.29 is 0 Å². The molecule has 1 heteroatoms. The van der Waals surface area contributed by atoms with Crippen LogP contribution in [0.4, 0.5) is 0 Å². The highest BCUT2D eigenvalue weighted by Gasteiger charge is 2.14. The number of hydrogen-bond donors (Lipinski definition) is 0. The maximum absolute atomic E-state index is 6.48. The molecule has 0 atom stereocenters. The number of fused-ring (bicyclic) bond motifs is 5. The Kier molecular flexibility index (Phi) is 2.53. The lowest BCUT2D eigenvalue weighted by atomic mass is 9.86. The standard InChI is InChI=1S/C18H15Cl/c19-18-11-17-13-6-2-1-5-12(13)9-10-15(17)14-7-3-4-8-16(14)18/h3-4,7-11H,1-2,5-6H2. The van der Waals surface area contributed by atoms with Crippen molar-refractivity contribution in [2.75, 3.05) is 0 Å². The lowest BCUT2D eigenvalue weighted by Crippen LogP contribution is -2.03. The van der Waals surface area contributed by atoms with Crippen LogP contribution in [0.25, 0.3) is 21.5 Å². The van der Waals surface area contributed by atoms with E-state index < -0.39 is 0 Å². The number of halogens is 1. The number of hydrogen-bond acceptors (Lipinski definition) is 0. The second-order valence-corrected chi connectivity index (χ2v) is 5.82. The van der Waals surface area contributed by atoms with Crippen molar-refractivity contribution in [1.82, 2.24) is 0 Å². The minimum atomic E-state index is 0.877. The summed E-state index contributed by atoms with van der Waals surface area (Å²) in [5.41, 5.74) is 3.04. The smallest absolute Gasteiger partial charge is 0.0490 e. The Morgan fingerprint density at radius 2 is 1.47 bits per heavy atom. The van der Waals surface area contributed by atoms with Crippen LogP contribution >= 0.6 is 11.6 Å². The van der Waals surface area contributed by atoms with Crippen molar-refractivity contribution in [1.29, 1.82) is 0 Å². The fraction of sp³-hybridized carbons (Fsp3) is 0.222. The van der Waals surface area contributed by atoms with E-state index in [4.69, 9.17) is 11.6 Å². The topological polar surface area (TPSA) is 0 Å². The first kappa shape index (κ1) is 11.3. The number of aryl methyl sites for hydroxylation is 2. The van der Waals surface area contributed by atoms with Crippen molar-refractivity contribution in [3.05, 3.63) is 58.6 Å². The zero-order chi connectivity index (χ0) is 12.8. The van der Waals surface area contributed by atoms with Gasteiger partial charge in [-0.1, -0.05) is 48.0 Å². The largest absolute Gasteiger partial charge is 0.0836 e. The van der Waals surface area contributed by atoms with E-state index >= 15 is 0 Å². The van der Waals surface area contributed by atoms with E-state index in [1.165, 1.54) is 53.0 Å². The van der Waals surface area contributed by atoms with Gasteiger partial charge in [-0.25, -0.2) is 0 Å². The average Bonchev–Trinajstić information content (AvgIpc) is 2.47. The molecule has 0 saturated heterocycles. The Morgan fingerprint density at radius 3 is 2.37 bits per heavy atom. The fourth-order valence-corrected chi connectivity index (χ4v) is 3.66. The average molecular weight is 267 g/mol. The molecule has 0 N–H and O–H groups in total. The Balaban J connectivity index is 2.19. The second kappa shape index (κ2) is 4.25. The van der Waals surface area contributed by atoms with E-state index in [-0.39, 0.29) is 0 Å². The van der Waals surface area contributed by atoms with Crippen LogP contribution < -0.4 is 0 Å². The third kappa shape index (κ3) is 1.67. The minimum absolute atomic E-state index is 0.877. The van der Waals surface area contributed by atoms with Crippen LogP contribution in [0.15, 0.2) is 42.5 Å². The number of rotatable bonds is 0. The first-order chi connectivity index (χ1) is 9.34. The summed E-state index contributed by atoms with van der Waals surface area (Å²) < 4.78 is 0. The molecule has 4 rings (SSSR count). The molecule has 1 aliphatic rings. The van der Waals surface area contributed by atoms with E-state index in [2.05, 4.69) is 42.5 Å². The number of benzene rings is 3. The summed E-state index contributed by atoms with van der Waals surface area (Å²) in [5, 5.41) is 6.02. The molecule has 0 nitrogen and oxygen atoms in total.